The Bertz CT molecular complexity index is 1370. The van der Waals surface area contributed by atoms with E-state index >= 15 is 0 Å². The Balaban J connectivity index is 1.50. The molecule has 2 fully saturated rings. The molecule has 0 aromatic carbocycles. The fourth-order valence-corrected chi connectivity index (χ4v) is 6.13. The number of fused-ring (bicyclic) bond motifs is 2. The van der Waals surface area contributed by atoms with Gasteiger partial charge in [0.25, 0.3) is 0 Å². The number of primary amides is 1. The van der Waals surface area contributed by atoms with Crippen LogP contribution in [0.25, 0.3) is 32.6 Å². The molecule has 1 amide bonds. The highest BCUT2D eigenvalue weighted by molar-refractivity contribution is 7.18. The molecule has 4 aromatic rings. The van der Waals surface area contributed by atoms with Crippen LogP contribution in [0.4, 0.5) is 5.82 Å². The maximum absolute atomic E-state index is 12.0. The SMILES string of the molecule is C[C@@H]1COCCN1c1nc(-c2ccnc3[nH]ccc23)nc2c(CN3CCC[C@H]3C(N)=O)csc12. The van der Waals surface area contributed by atoms with E-state index in [0.29, 0.717) is 25.6 Å². The van der Waals surface area contributed by atoms with Gasteiger partial charge in [-0.2, -0.15) is 0 Å². The predicted octanol–water partition coefficient (Wildman–Crippen LogP) is 2.91. The Morgan fingerprint density at radius 2 is 2.24 bits per heavy atom. The number of nitrogens with zero attached hydrogens (tertiary/aromatic N) is 5. The number of thiophene rings is 1. The Morgan fingerprint density at radius 1 is 1.32 bits per heavy atom. The third-order valence-corrected chi connectivity index (χ3v) is 7.89. The summed E-state index contributed by atoms with van der Waals surface area (Å²) in [6, 6.07) is 3.99. The number of hydrogen-bond acceptors (Lipinski definition) is 8. The first-order valence-corrected chi connectivity index (χ1v) is 12.6. The molecule has 10 heteroatoms. The number of aromatic nitrogens is 4. The topological polar surface area (TPSA) is 113 Å². The number of nitrogens with one attached hydrogen (secondary N) is 1. The van der Waals surface area contributed by atoms with Gasteiger partial charge in [-0.3, -0.25) is 9.69 Å². The summed E-state index contributed by atoms with van der Waals surface area (Å²) in [5, 5.41) is 3.15. The van der Waals surface area contributed by atoms with E-state index in [0.717, 1.165) is 64.1 Å². The monoisotopic (exact) mass is 477 g/mol. The molecule has 0 radical (unpaired) electrons. The molecule has 6 heterocycles. The van der Waals surface area contributed by atoms with Gasteiger partial charge < -0.3 is 20.4 Å². The average Bonchev–Trinajstić information content (AvgIpc) is 3.59. The molecular formula is C24H27N7O2S. The molecule has 6 rings (SSSR count). The van der Waals surface area contributed by atoms with Gasteiger partial charge >= 0.3 is 0 Å². The summed E-state index contributed by atoms with van der Waals surface area (Å²) in [5.74, 6) is 1.38. The summed E-state index contributed by atoms with van der Waals surface area (Å²) in [7, 11) is 0. The molecule has 34 heavy (non-hydrogen) atoms. The van der Waals surface area contributed by atoms with Gasteiger partial charge in [0.1, 0.15) is 5.65 Å². The fraction of sp³-hybridized carbons (Fsp3) is 0.417. The van der Waals surface area contributed by atoms with Gasteiger partial charge in [0.2, 0.25) is 5.91 Å². The Labute approximate surface area is 200 Å². The van der Waals surface area contributed by atoms with Crippen LogP contribution < -0.4 is 10.6 Å². The molecule has 0 spiro atoms. The number of ether oxygens (including phenoxy) is 1. The molecule has 0 unspecified atom stereocenters. The third-order valence-electron chi connectivity index (χ3n) is 6.88. The second kappa shape index (κ2) is 8.61. The molecule has 0 aliphatic carbocycles. The van der Waals surface area contributed by atoms with Gasteiger partial charge in [0.05, 0.1) is 35.5 Å². The van der Waals surface area contributed by atoms with Gasteiger partial charge in [-0.15, -0.1) is 11.3 Å². The minimum Gasteiger partial charge on any atom is -0.377 e. The molecule has 2 aliphatic heterocycles. The quantitative estimate of drug-likeness (QED) is 0.454. The number of morpholine rings is 1. The van der Waals surface area contributed by atoms with Gasteiger partial charge in [-0.1, -0.05) is 0 Å². The number of pyridine rings is 1. The van der Waals surface area contributed by atoms with E-state index in [2.05, 4.69) is 32.1 Å². The summed E-state index contributed by atoms with van der Waals surface area (Å²) in [5.41, 5.74) is 9.49. The van der Waals surface area contributed by atoms with Crippen LogP contribution in [-0.4, -0.2) is 69.1 Å². The van der Waals surface area contributed by atoms with Crippen LogP contribution in [0.1, 0.15) is 25.3 Å². The summed E-state index contributed by atoms with van der Waals surface area (Å²) in [4.78, 5) is 34.3. The van der Waals surface area contributed by atoms with Crippen molar-refractivity contribution in [1.29, 1.82) is 0 Å². The predicted molar refractivity (Wildman–Crippen MR) is 133 cm³/mol. The van der Waals surface area contributed by atoms with Crippen molar-refractivity contribution >= 4 is 44.3 Å². The zero-order valence-electron chi connectivity index (χ0n) is 19.0. The van der Waals surface area contributed by atoms with Gasteiger partial charge in [-0.25, -0.2) is 15.0 Å². The first-order chi connectivity index (χ1) is 16.6. The number of nitrogens with two attached hydrogens (primary N) is 1. The van der Waals surface area contributed by atoms with Crippen molar-refractivity contribution in [3.63, 3.8) is 0 Å². The normalized spacial score (nSPS) is 21.6. The Hall–Kier alpha value is -3.08. The van der Waals surface area contributed by atoms with Crippen LogP contribution in [0.5, 0.6) is 0 Å². The lowest BCUT2D eigenvalue weighted by Gasteiger charge is -2.34. The van der Waals surface area contributed by atoms with E-state index in [1.165, 1.54) is 0 Å². The molecule has 9 nitrogen and oxygen atoms in total. The van der Waals surface area contributed by atoms with Crippen molar-refractivity contribution in [1.82, 2.24) is 24.8 Å². The third kappa shape index (κ3) is 3.62. The van der Waals surface area contributed by atoms with Crippen LogP contribution in [0.3, 0.4) is 0 Å². The zero-order valence-corrected chi connectivity index (χ0v) is 19.8. The average molecular weight is 478 g/mol. The number of amides is 1. The smallest absolute Gasteiger partial charge is 0.234 e. The largest absolute Gasteiger partial charge is 0.377 e. The summed E-state index contributed by atoms with van der Waals surface area (Å²) in [6.45, 7) is 5.81. The standard InChI is InChI=1S/C24H27N7O2S/c1-14-12-33-10-9-31(14)24-20-19(15(13-34-20)11-30-8-2-3-18(30)21(25)32)28-23(29-24)17-5-7-27-22-16(17)4-6-26-22/h4-7,13-14,18H,2-3,8-12H2,1H3,(H2,25,32)(H,26,27)/t14-,18+/m1/s1. The molecule has 0 saturated carbocycles. The van der Waals surface area contributed by atoms with Gasteiger partial charge in [0, 0.05) is 42.0 Å². The highest BCUT2D eigenvalue weighted by Crippen LogP contribution is 2.37. The highest BCUT2D eigenvalue weighted by atomic mass is 32.1. The van der Waals surface area contributed by atoms with E-state index in [1.807, 2.05) is 18.3 Å². The van der Waals surface area contributed by atoms with Crippen LogP contribution in [0.15, 0.2) is 29.9 Å². The number of rotatable bonds is 5. The van der Waals surface area contributed by atoms with Crippen molar-refractivity contribution in [2.45, 2.75) is 38.4 Å². The maximum Gasteiger partial charge on any atom is 0.234 e. The van der Waals surface area contributed by atoms with Crippen molar-refractivity contribution in [2.24, 2.45) is 5.73 Å². The Kier molecular flexibility index (Phi) is 5.43. The first kappa shape index (κ1) is 21.5. The lowest BCUT2D eigenvalue weighted by atomic mass is 10.1. The zero-order chi connectivity index (χ0) is 23.2. The van der Waals surface area contributed by atoms with E-state index in [1.54, 1.807) is 17.5 Å². The van der Waals surface area contributed by atoms with Crippen LogP contribution in [-0.2, 0) is 16.1 Å². The van der Waals surface area contributed by atoms with E-state index < -0.39 is 0 Å². The molecule has 0 bridgehead atoms. The molecule has 2 atom stereocenters. The number of anilines is 1. The van der Waals surface area contributed by atoms with E-state index in [-0.39, 0.29) is 18.0 Å². The van der Waals surface area contributed by atoms with Crippen molar-refractivity contribution < 1.29 is 9.53 Å². The van der Waals surface area contributed by atoms with E-state index in [4.69, 9.17) is 20.4 Å². The van der Waals surface area contributed by atoms with Crippen molar-refractivity contribution in [2.75, 3.05) is 31.2 Å². The summed E-state index contributed by atoms with van der Waals surface area (Å²) < 4.78 is 6.76. The van der Waals surface area contributed by atoms with Gasteiger partial charge in [-0.05, 0) is 43.8 Å². The lowest BCUT2D eigenvalue weighted by Crippen LogP contribution is -2.44. The Morgan fingerprint density at radius 3 is 3.09 bits per heavy atom. The number of hydrogen-bond donors (Lipinski definition) is 2. The molecular weight excluding hydrogens is 450 g/mol. The van der Waals surface area contributed by atoms with Crippen LogP contribution >= 0.6 is 11.3 Å². The number of carbonyl (C=O) groups is 1. The minimum atomic E-state index is -0.248. The van der Waals surface area contributed by atoms with Crippen molar-refractivity contribution in [3.05, 3.63) is 35.5 Å². The molecule has 3 N–H and O–H groups in total. The molecule has 2 aliphatic rings. The second-order valence-electron chi connectivity index (χ2n) is 9.06. The van der Waals surface area contributed by atoms with Crippen molar-refractivity contribution in [3.8, 4) is 11.4 Å². The fourth-order valence-electron chi connectivity index (χ4n) is 5.13. The number of aromatic amines is 1. The van der Waals surface area contributed by atoms with E-state index in [9.17, 15) is 4.79 Å². The molecule has 176 valence electrons. The number of H-pyrrole nitrogens is 1. The maximum atomic E-state index is 12.0. The highest BCUT2D eigenvalue weighted by Gasteiger charge is 2.31. The lowest BCUT2D eigenvalue weighted by molar-refractivity contribution is -0.122. The number of likely N-dealkylation sites (tertiary alicyclic amines) is 1. The molecule has 2 saturated heterocycles. The second-order valence-corrected chi connectivity index (χ2v) is 9.94. The van der Waals surface area contributed by atoms with Crippen LogP contribution in [0.2, 0.25) is 0 Å². The first-order valence-electron chi connectivity index (χ1n) is 11.7. The minimum absolute atomic E-state index is 0.213. The molecule has 4 aromatic heterocycles. The summed E-state index contributed by atoms with van der Waals surface area (Å²) in [6.07, 6.45) is 5.47. The van der Waals surface area contributed by atoms with Crippen LogP contribution in [0, 0.1) is 0 Å². The van der Waals surface area contributed by atoms with Gasteiger partial charge in [0.15, 0.2) is 11.6 Å². The summed E-state index contributed by atoms with van der Waals surface area (Å²) >= 11 is 1.67. The number of carbonyl (C=O) groups excluding carboxylic acids is 1.